The molecule has 0 aliphatic carbocycles. The average molecular weight is 340 g/mol. The monoisotopic (exact) mass is 340 g/mol. The largest absolute Gasteiger partial charge is 0.489 e. The Morgan fingerprint density at radius 2 is 1.47 bits per heavy atom. The first-order valence-electron chi connectivity index (χ1n) is 5.35. The van der Waals surface area contributed by atoms with Crippen molar-refractivity contribution in [2.45, 2.75) is 13.2 Å². The lowest BCUT2D eigenvalue weighted by atomic mass is 10.2. The van der Waals surface area contributed by atoms with E-state index in [0.29, 0.717) is 6.61 Å². The number of hydrogen-bond donors (Lipinski definition) is 1. The Labute approximate surface area is 114 Å². The van der Waals surface area contributed by atoms with Gasteiger partial charge in [-0.25, -0.2) is 0 Å². The van der Waals surface area contributed by atoms with Gasteiger partial charge in [0.25, 0.3) is 0 Å². The second-order valence-electron chi connectivity index (χ2n) is 3.72. The van der Waals surface area contributed by atoms with Crippen molar-refractivity contribution in [3.63, 3.8) is 0 Å². The summed E-state index contributed by atoms with van der Waals surface area (Å²) in [7, 11) is 0. The minimum atomic E-state index is 0.0669. The van der Waals surface area contributed by atoms with Crippen molar-refractivity contribution in [1.82, 2.24) is 0 Å². The zero-order valence-corrected chi connectivity index (χ0v) is 11.4. The van der Waals surface area contributed by atoms with E-state index in [1.807, 2.05) is 24.3 Å². The highest BCUT2D eigenvalue weighted by Crippen LogP contribution is 2.15. The van der Waals surface area contributed by atoms with Gasteiger partial charge in [0, 0.05) is 3.57 Å². The lowest BCUT2D eigenvalue weighted by molar-refractivity contribution is 0.280. The first kappa shape index (κ1) is 12.4. The molecule has 88 valence electrons. The standard InChI is InChI=1S/C14H13IO2/c15-13-5-1-12(2-6-13)10-17-14-7-3-11(9-16)4-8-14/h1-8,16H,9-10H2. The molecular weight excluding hydrogens is 327 g/mol. The van der Waals surface area contributed by atoms with Crippen LogP contribution in [0.25, 0.3) is 0 Å². The molecule has 0 saturated carbocycles. The second kappa shape index (κ2) is 6.02. The molecule has 0 amide bonds. The molecule has 2 aromatic carbocycles. The van der Waals surface area contributed by atoms with Crippen molar-refractivity contribution in [3.8, 4) is 5.75 Å². The normalized spacial score (nSPS) is 10.2. The Morgan fingerprint density at radius 1 is 0.882 bits per heavy atom. The minimum Gasteiger partial charge on any atom is -0.489 e. The quantitative estimate of drug-likeness (QED) is 0.865. The van der Waals surface area contributed by atoms with Crippen molar-refractivity contribution in [2.24, 2.45) is 0 Å². The third-order valence-corrected chi connectivity index (χ3v) is 3.14. The lowest BCUT2D eigenvalue weighted by Gasteiger charge is -2.06. The van der Waals surface area contributed by atoms with Crippen molar-refractivity contribution in [2.75, 3.05) is 0 Å². The summed E-state index contributed by atoms with van der Waals surface area (Å²) in [6.07, 6.45) is 0. The molecule has 2 rings (SSSR count). The first-order valence-corrected chi connectivity index (χ1v) is 6.43. The molecule has 0 unspecified atom stereocenters. The highest BCUT2D eigenvalue weighted by atomic mass is 127. The van der Waals surface area contributed by atoms with E-state index in [0.717, 1.165) is 16.9 Å². The number of hydrogen-bond acceptors (Lipinski definition) is 2. The molecule has 17 heavy (non-hydrogen) atoms. The van der Waals surface area contributed by atoms with Gasteiger partial charge in [-0.2, -0.15) is 0 Å². The minimum absolute atomic E-state index is 0.0669. The van der Waals surface area contributed by atoms with E-state index in [2.05, 4.69) is 46.9 Å². The van der Waals surface area contributed by atoms with Gasteiger partial charge in [0.2, 0.25) is 0 Å². The number of rotatable bonds is 4. The summed E-state index contributed by atoms with van der Waals surface area (Å²) < 4.78 is 6.87. The summed E-state index contributed by atoms with van der Waals surface area (Å²) in [5.74, 6) is 0.820. The van der Waals surface area contributed by atoms with E-state index in [1.54, 1.807) is 0 Å². The van der Waals surface area contributed by atoms with E-state index < -0.39 is 0 Å². The predicted molar refractivity (Wildman–Crippen MR) is 75.9 cm³/mol. The molecule has 0 aliphatic heterocycles. The number of halogens is 1. The van der Waals surface area contributed by atoms with Gasteiger partial charge in [-0.1, -0.05) is 24.3 Å². The summed E-state index contributed by atoms with van der Waals surface area (Å²) in [6, 6.07) is 15.7. The summed E-state index contributed by atoms with van der Waals surface area (Å²) in [5, 5.41) is 8.92. The molecule has 0 spiro atoms. The van der Waals surface area contributed by atoms with E-state index in [4.69, 9.17) is 9.84 Å². The van der Waals surface area contributed by atoms with Crippen LogP contribution in [0, 0.1) is 3.57 Å². The molecular formula is C14H13IO2. The van der Waals surface area contributed by atoms with E-state index in [9.17, 15) is 0 Å². The van der Waals surface area contributed by atoms with E-state index >= 15 is 0 Å². The van der Waals surface area contributed by atoms with Crippen LogP contribution in [0.4, 0.5) is 0 Å². The average Bonchev–Trinajstić information content (AvgIpc) is 2.39. The first-order chi connectivity index (χ1) is 8.28. The fourth-order valence-corrected chi connectivity index (χ4v) is 1.80. The van der Waals surface area contributed by atoms with Crippen LogP contribution in [-0.2, 0) is 13.2 Å². The van der Waals surface area contributed by atoms with Gasteiger partial charge in [0.15, 0.2) is 0 Å². The number of aliphatic hydroxyl groups excluding tert-OH is 1. The summed E-state index contributed by atoms with van der Waals surface area (Å²) >= 11 is 2.28. The van der Waals surface area contributed by atoms with Gasteiger partial charge in [-0.3, -0.25) is 0 Å². The molecule has 0 bridgehead atoms. The van der Waals surface area contributed by atoms with Crippen molar-refractivity contribution < 1.29 is 9.84 Å². The van der Waals surface area contributed by atoms with Gasteiger partial charge in [0.1, 0.15) is 12.4 Å². The Balaban J connectivity index is 1.95. The lowest BCUT2D eigenvalue weighted by Crippen LogP contribution is -1.95. The Bertz CT molecular complexity index is 463. The van der Waals surface area contributed by atoms with Crippen molar-refractivity contribution >= 4 is 22.6 Å². The van der Waals surface area contributed by atoms with Crippen molar-refractivity contribution in [3.05, 3.63) is 63.2 Å². The van der Waals surface area contributed by atoms with Crippen LogP contribution in [0.2, 0.25) is 0 Å². The number of benzene rings is 2. The van der Waals surface area contributed by atoms with Crippen LogP contribution < -0.4 is 4.74 Å². The SMILES string of the molecule is OCc1ccc(OCc2ccc(I)cc2)cc1. The van der Waals surface area contributed by atoms with Gasteiger partial charge in [-0.05, 0) is 58.0 Å². The zero-order chi connectivity index (χ0) is 12.1. The summed E-state index contributed by atoms with van der Waals surface area (Å²) in [4.78, 5) is 0. The van der Waals surface area contributed by atoms with E-state index in [-0.39, 0.29) is 6.61 Å². The predicted octanol–water partition coefficient (Wildman–Crippen LogP) is 3.36. The molecule has 0 heterocycles. The van der Waals surface area contributed by atoms with Crippen LogP contribution in [0.1, 0.15) is 11.1 Å². The highest BCUT2D eigenvalue weighted by Gasteiger charge is 1.96. The van der Waals surface area contributed by atoms with Crippen molar-refractivity contribution in [1.29, 1.82) is 0 Å². The van der Waals surface area contributed by atoms with Gasteiger partial charge in [0.05, 0.1) is 6.61 Å². The molecule has 1 N–H and O–H groups in total. The highest BCUT2D eigenvalue weighted by molar-refractivity contribution is 14.1. The maximum absolute atomic E-state index is 8.92. The van der Waals surface area contributed by atoms with Gasteiger partial charge in [-0.15, -0.1) is 0 Å². The molecule has 0 saturated heterocycles. The fraction of sp³-hybridized carbons (Fsp3) is 0.143. The molecule has 0 radical (unpaired) electrons. The topological polar surface area (TPSA) is 29.5 Å². The molecule has 0 aliphatic rings. The van der Waals surface area contributed by atoms with Crippen LogP contribution in [0.15, 0.2) is 48.5 Å². The van der Waals surface area contributed by atoms with E-state index in [1.165, 1.54) is 3.57 Å². The Kier molecular flexibility index (Phi) is 4.39. The van der Waals surface area contributed by atoms with Gasteiger partial charge < -0.3 is 9.84 Å². The molecule has 3 heteroatoms. The number of aliphatic hydroxyl groups is 1. The smallest absolute Gasteiger partial charge is 0.119 e. The Hall–Kier alpha value is -1.07. The molecule has 2 aromatic rings. The maximum atomic E-state index is 8.92. The van der Waals surface area contributed by atoms with Crippen LogP contribution in [0.3, 0.4) is 0 Å². The second-order valence-corrected chi connectivity index (χ2v) is 4.96. The summed E-state index contributed by atoms with van der Waals surface area (Å²) in [6.45, 7) is 0.632. The third-order valence-electron chi connectivity index (χ3n) is 2.42. The molecule has 0 atom stereocenters. The molecule has 2 nitrogen and oxygen atoms in total. The third kappa shape index (κ3) is 3.71. The van der Waals surface area contributed by atoms with Gasteiger partial charge >= 0.3 is 0 Å². The summed E-state index contributed by atoms with van der Waals surface area (Å²) in [5.41, 5.74) is 2.04. The fourth-order valence-electron chi connectivity index (χ4n) is 1.44. The maximum Gasteiger partial charge on any atom is 0.119 e. The molecule has 0 aromatic heterocycles. The van der Waals surface area contributed by atoms with Crippen LogP contribution in [-0.4, -0.2) is 5.11 Å². The Morgan fingerprint density at radius 3 is 2.06 bits per heavy atom. The molecule has 0 fully saturated rings. The number of ether oxygens (including phenoxy) is 1. The van der Waals surface area contributed by atoms with Crippen LogP contribution >= 0.6 is 22.6 Å². The van der Waals surface area contributed by atoms with Crippen LogP contribution in [0.5, 0.6) is 5.75 Å². The zero-order valence-electron chi connectivity index (χ0n) is 9.27.